The smallest absolute Gasteiger partial charge is 0.123 e. The maximum atomic E-state index is 11.6. The van der Waals surface area contributed by atoms with Gasteiger partial charge in [0.05, 0.1) is 12.8 Å². The van der Waals surface area contributed by atoms with Gasteiger partial charge < -0.3 is 9.84 Å². The maximum Gasteiger partial charge on any atom is 0.123 e. The van der Waals surface area contributed by atoms with Crippen LogP contribution in [0.2, 0.25) is 0 Å². The second kappa shape index (κ2) is 7.41. The van der Waals surface area contributed by atoms with Crippen molar-refractivity contribution in [2.45, 2.75) is 57.6 Å². The fraction of sp³-hybridized carbons (Fsp3) is 0.560. The van der Waals surface area contributed by atoms with Gasteiger partial charge in [0.15, 0.2) is 0 Å². The van der Waals surface area contributed by atoms with E-state index in [1.807, 2.05) is 19.2 Å². The van der Waals surface area contributed by atoms with E-state index in [1.165, 1.54) is 42.4 Å². The van der Waals surface area contributed by atoms with Gasteiger partial charge in [-0.15, -0.1) is 0 Å². The van der Waals surface area contributed by atoms with Crippen molar-refractivity contribution in [2.75, 3.05) is 20.2 Å². The van der Waals surface area contributed by atoms with Crippen LogP contribution in [0.25, 0.3) is 0 Å². The van der Waals surface area contributed by atoms with E-state index >= 15 is 0 Å². The molecule has 0 radical (unpaired) electrons. The van der Waals surface area contributed by atoms with Crippen LogP contribution in [0.1, 0.15) is 53.6 Å². The van der Waals surface area contributed by atoms with Gasteiger partial charge in [-0.25, -0.2) is 0 Å². The number of hydrogen-bond acceptors (Lipinski definition) is 4. The number of pyridine rings is 1. The molecular weight excluding hydrogens is 360 g/mol. The average Bonchev–Trinajstić information content (AvgIpc) is 3.28. The van der Waals surface area contributed by atoms with Crippen molar-refractivity contribution in [3.8, 4) is 5.75 Å². The maximum absolute atomic E-state index is 11.6. The molecule has 5 rings (SSSR count). The standard InChI is InChI=1S/C25H32N2O2/c1-17-7-8-24(26-13-17)25(28)10-9-20-14-27(16-22(20)25)15-21-11-18-5-3-4-6-19(18)12-23(21)29-2/h7-8,11-13,20,22,28H,3-6,9-10,14-16H2,1-2H3/t20-,22+,25-/m0/s1. The fourth-order valence-corrected chi connectivity index (χ4v) is 5.92. The van der Waals surface area contributed by atoms with E-state index in [2.05, 4.69) is 28.1 Å². The van der Waals surface area contributed by atoms with E-state index in [-0.39, 0.29) is 5.92 Å². The molecule has 4 nitrogen and oxygen atoms in total. The molecule has 4 heteroatoms. The van der Waals surface area contributed by atoms with Crippen molar-refractivity contribution in [3.63, 3.8) is 0 Å². The van der Waals surface area contributed by atoms with Crippen LogP contribution < -0.4 is 4.74 Å². The van der Waals surface area contributed by atoms with Crippen molar-refractivity contribution < 1.29 is 9.84 Å². The zero-order chi connectivity index (χ0) is 20.0. The van der Waals surface area contributed by atoms with Crippen molar-refractivity contribution in [2.24, 2.45) is 11.8 Å². The lowest BCUT2D eigenvalue weighted by Gasteiger charge is -2.30. The second-order valence-corrected chi connectivity index (χ2v) is 9.38. The topological polar surface area (TPSA) is 45.6 Å². The summed E-state index contributed by atoms with van der Waals surface area (Å²) in [4.78, 5) is 7.10. The Morgan fingerprint density at radius 3 is 2.69 bits per heavy atom. The molecule has 0 amide bonds. The molecule has 2 heterocycles. The van der Waals surface area contributed by atoms with Crippen LogP contribution >= 0.6 is 0 Å². The van der Waals surface area contributed by atoms with Gasteiger partial charge in [-0.1, -0.05) is 12.1 Å². The Morgan fingerprint density at radius 1 is 1.17 bits per heavy atom. The summed E-state index contributed by atoms with van der Waals surface area (Å²) in [7, 11) is 1.79. The van der Waals surface area contributed by atoms with E-state index in [4.69, 9.17) is 4.74 Å². The fourth-order valence-electron chi connectivity index (χ4n) is 5.92. The number of hydrogen-bond donors (Lipinski definition) is 1. The Bertz CT molecular complexity index is 894. The van der Waals surface area contributed by atoms with Gasteiger partial charge in [-0.2, -0.15) is 0 Å². The van der Waals surface area contributed by atoms with Gasteiger partial charge >= 0.3 is 0 Å². The first-order valence-corrected chi connectivity index (χ1v) is 11.1. The Hall–Kier alpha value is -1.91. The number of aromatic nitrogens is 1. The van der Waals surface area contributed by atoms with Gasteiger partial charge in [0.25, 0.3) is 0 Å². The van der Waals surface area contributed by atoms with Gasteiger partial charge in [0.2, 0.25) is 0 Å². The summed E-state index contributed by atoms with van der Waals surface area (Å²) in [6, 6.07) is 8.74. The highest BCUT2D eigenvalue weighted by Gasteiger charge is 2.53. The van der Waals surface area contributed by atoms with E-state index in [9.17, 15) is 5.11 Å². The van der Waals surface area contributed by atoms with Crippen molar-refractivity contribution >= 4 is 0 Å². The number of nitrogens with zero attached hydrogens (tertiary/aromatic N) is 2. The Balaban J connectivity index is 1.36. The number of fused-ring (bicyclic) bond motifs is 2. The first-order chi connectivity index (χ1) is 14.1. The van der Waals surface area contributed by atoms with Gasteiger partial charge in [0, 0.05) is 37.3 Å². The summed E-state index contributed by atoms with van der Waals surface area (Å²) in [6.07, 6.45) is 8.74. The minimum absolute atomic E-state index is 0.265. The third-order valence-electron chi connectivity index (χ3n) is 7.52. The molecule has 3 atom stereocenters. The molecule has 0 bridgehead atoms. The third kappa shape index (κ3) is 3.36. The molecule has 3 aliphatic rings. The molecular formula is C25H32N2O2. The number of ether oxygens (including phenoxy) is 1. The summed E-state index contributed by atoms with van der Waals surface area (Å²) >= 11 is 0. The Kier molecular flexibility index (Phi) is 4.87. The lowest BCUT2D eigenvalue weighted by molar-refractivity contribution is -0.0108. The quantitative estimate of drug-likeness (QED) is 0.854. The summed E-state index contributed by atoms with van der Waals surface area (Å²) in [5.74, 6) is 1.84. The van der Waals surface area contributed by atoms with Crippen LogP contribution in [0, 0.1) is 18.8 Å². The number of likely N-dealkylation sites (tertiary alicyclic amines) is 1. The average molecular weight is 393 g/mol. The molecule has 1 aromatic heterocycles. The van der Waals surface area contributed by atoms with E-state index in [0.29, 0.717) is 5.92 Å². The highest BCUT2D eigenvalue weighted by Crippen LogP contribution is 2.50. The Labute approximate surface area is 173 Å². The predicted octanol–water partition coefficient (Wildman–Crippen LogP) is 4.01. The molecule has 1 aromatic carbocycles. The Morgan fingerprint density at radius 2 is 1.97 bits per heavy atom. The van der Waals surface area contributed by atoms with Crippen LogP contribution in [0.4, 0.5) is 0 Å². The zero-order valence-electron chi connectivity index (χ0n) is 17.7. The normalized spacial score (nSPS) is 28.9. The van der Waals surface area contributed by atoms with Crippen molar-refractivity contribution in [1.29, 1.82) is 0 Å². The minimum Gasteiger partial charge on any atom is -0.496 e. The van der Waals surface area contributed by atoms with Crippen LogP contribution in [0.3, 0.4) is 0 Å². The number of rotatable bonds is 4. The third-order valence-corrected chi connectivity index (χ3v) is 7.52. The molecule has 2 aliphatic carbocycles. The lowest BCUT2D eigenvalue weighted by Crippen LogP contribution is -2.35. The van der Waals surface area contributed by atoms with Gasteiger partial charge in [0.1, 0.15) is 11.4 Å². The monoisotopic (exact) mass is 392 g/mol. The second-order valence-electron chi connectivity index (χ2n) is 9.38. The van der Waals surface area contributed by atoms with Gasteiger partial charge in [-0.05, 0) is 80.2 Å². The van der Waals surface area contributed by atoms with Crippen LogP contribution in [0.15, 0.2) is 30.5 Å². The van der Waals surface area contributed by atoms with Crippen LogP contribution in [-0.4, -0.2) is 35.2 Å². The highest BCUT2D eigenvalue weighted by atomic mass is 16.5. The number of aryl methyl sites for hydroxylation is 3. The highest BCUT2D eigenvalue weighted by molar-refractivity contribution is 5.44. The van der Waals surface area contributed by atoms with Crippen LogP contribution in [-0.2, 0) is 25.0 Å². The molecule has 0 spiro atoms. The molecule has 2 fully saturated rings. The molecule has 154 valence electrons. The first-order valence-electron chi connectivity index (χ1n) is 11.1. The molecule has 0 unspecified atom stereocenters. The summed E-state index contributed by atoms with van der Waals surface area (Å²) < 4.78 is 5.75. The molecule has 29 heavy (non-hydrogen) atoms. The van der Waals surface area contributed by atoms with E-state index in [0.717, 1.165) is 49.5 Å². The minimum atomic E-state index is -0.785. The zero-order valence-corrected chi connectivity index (χ0v) is 17.7. The lowest BCUT2D eigenvalue weighted by atomic mass is 9.85. The number of aliphatic hydroxyl groups is 1. The largest absolute Gasteiger partial charge is 0.496 e. The summed E-state index contributed by atoms with van der Waals surface area (Å²) in [5, 5.41) is 11.6. The summed E-state index contributed by atoms with van der Waals surface area (Å²) in [5.41, 5.74) is 5.47. The molecule has 1 saturated heterocycles. The molecule has 1 aliphatic heterocycles. The van der Waals surface area contributed by atoms with Crippen molar-refractivity contribution in [1.82, 2.24) is 9.88 Å². The van der Waals surface area contributed by atoms with Gasteiger partial charge in [-0.3, -0.25) is 9.88 Å². The molecule has 1 N–H and O–H groups in total. The number of methoxy groups -OCH3 is 1. The number of benzene rings is 1. The van der Waals surface area contributed by atoms with Crippen LogP contribution in [0.5, 0.6) is 5.75 Å². The SMILES string of the molecule is COc1cc2c(cc1CN1C[C@@H]3CC[C@@](O)(c4ccc(C)cn4)[C@@H]3C1)CCCC2. The molecule has 1 saturated carbocycles. The molecule has 2 aromatic rings. The van der Waals surface area contributed by atoms with E-state index in [1.54, 1.807) is 7.11 Å². The summed E-state index contributed by atoms with van der Waals surface area (Å²) in [6.45, 7) is 4.93. The van der Waals surface area contributed by atoms with E-state index < -0.39 is 5.60 Å². The van der Waals surface area contributed by atoms with Crippen molar-refractivity contribution in [3.05, 3.63) is 58.4 Å². The predicted molar refractivity (Wildman–Crippen MR) is 114 cm³/mol. The first kappa shape index (κ1) is 19.1.